The molecule has 9 heteroatoms. The van der Waals surface area contributed by atoms with Gasteiger partial charge in [0, 0.05) is 39.1 Å². The van der Waals surface area contributed by atoms with E-state index in [4.69, 9.17) is 0 Å². The van der Waals surface area contributed by atoms with Crippen molar-refractivity contribution in [3.63, 3.8) is 0 Å². The van der Waals surface area contributed by atoms with Crippen LogP contribution in [0.5, 0.6) is 0 Å². The first-order valence-electron chi connectivity index (χ1n) is 9.37. The predicted molar refractivity (Wildman–Crippen MR) is 105 cm³/mol. The summed E-state index contributed by atoms with van der Waals surface area (Å²) in [5.74, 6) is -0.425. The van der Waals surface area contributed by atoms with E-state index in [1.807, 2.05) is 24.8 Å². The highest BCUT2D eigenvalue weighted by Crippen LogP contribution is 2.20. The molecule has 1 saturated heterocycles. The normalized spacial score (nSPS) is 16.0. The quantitative estimate of drug-likeness (QED) is 0.499. The Morgan fingerprint density at radius 3 is 2.39 bits per heavy atom. The van der Waals surface area contributed by atoms with Gasteiger partial charge in [0.25, 0.3) is 0 Å². The van der Waals surface area contributed by atoms with Gasteiger partial charge in [0.1, 0.15) is 0 Å². The van der Waals surface area contributed by atoms with Crippen LogP contribution in [0.25, 0.3) is 0 Å². The fourth-order valence-corrected chi connectivity index (χ4v) is 4.48. The number of nitrogens with one attached hydrogen (secondary N) is 1. The number of aryl methyl sites for hydroxylation is 2. The van der Waals surface area contributed by atoms with Gasteiger partial charge in [-0.1, -0.05) is 6.07 Å². The minimum absolute atomic E-state index is 0.129. The van der Waals surface area contributed by atoms with Crippen LogP contribution in [0, 0.1) is 13.8 Å². The van der Waals surface area contributed by atoms with Crippen molar-refractivity contribution in [1.29, 1.82) is 0 Å². The van der Waals surface area contributed by atoms with Gasteiger partial charge in [-0.05, 0) is 43.5 Å². The van der Waals surface area contributed by atoms with Crippen molar-refractivity contribution < 1.29 is 22.7 Å². The van der Waals surface area contributed by atoms with Gasteiger partial charge in [0.2, 0.25) is 15.9 Å². The molecule has 1 aliphatic rings. The highest BCUT2D eigenvalue weighted by molar-refractivity contribution is 7.89. The zero-order valence-electron chi connectivity index (χ0n) is 16.7. The number of hydrogen-bond donors (Lipinski definition) is 1. The number of rotatable bonds is 8. The van der Waals surface area contributed by atoms with E-state index in [-0.39, 0.29) is 24.8 Å². The van der Waals surface area contributed by atoms with Crippen molar-refractivity contribution >= 4 is 21.9 Å². The average molecular weight is 412 g/mol. The third kappa shape index (κ3) is 6.02. The summed E-state index contributed by atoms with van der Waals surface area (Å²) in [5, 5.41) is 2.77. The van der Waals surface area contributed by atoms with E-state index in [2.05, 4.69) is 10.1 Å². The van der Waals surface area contributed by atoms with Crippen molar-refractivity contribution in [3.8, 4) is 0 Å². The van der Waals surface area contributed by atoms with Crippen molar-refractivity contribution in [3.05, 3.63) is 29.3 Å². The van der Waals surface area contributed by atoms with Crippen molar-refractivity contribution in [1.82, 2.24) is 14.5 Å². The zero-order chi connectivity index (χ0) is 20.7. The van der Waals surface area contributed by atoms with Crippen LogP contribution in [-0.4, -0.2) is 75.9 Å². The first-order chi connectivity index (χ1) is 13.2. The first kappa shape index (κ1) is 22.3. The molecule has 0 saturated carbocycles. The van der Waals surface area contributed by atoms with Gasteiger partial charge in [0.15, 0.2) is 0 Å². The SMILES string of the molecule is COC(=O)CCCNC(=O)CN1CCN(S(=O)(=O)c2ccc(C)c(C)c2)CC1. The number of carbonyl (C=O) groups is 2. The number of carbonyl (C=O) groups excluding carboxylic acids is 2. The Kier molecular flexibility index (Phi) is 7.97. The number of amides is 1. The molecule has 1 fully saturated rings. The molecule has 156 valence electrons. The van der Waals surface area contributed by atoms with Gasteiger partial charge in [-0.2, -0.15) is 4.31 Å². The molecular weight excluding hydrogens is 382 g/mol. The summed E-state index contributed by atoms with van der Waals surface area (Å²) in [6.07, 6.45) is 0.798. The molecule has 2 rings (SSSR count). The van der Waals surface area contributed by atoms with Crippen LogP contribution < -0.4 is 5.32 Å². The number of benzene rings is 1. The second-order valence-electron chi connectivity index (χ2n) is 6.96. The largest absolute Gasteiger partial charge is 0.469 e. The molecule has 1 N–H and O–H groups in total. The first-order valence-corrected chi connectivity index (χ1v) is 10.8. The molecule has 8 nitrogen and oxygen atoms in total. The van der Waals surface area contributed by atoms with Crippen molar-refractivity contribution in [2.75, 3.05) is 46.4 Å². The maximum atomic E-state index is 12.8. The second-order valence-corrected chi connectivity index (χ2v) is 8.89. The van der Waals surface area contributed by atoms with E-state index in [1.54, 1.807) is 12.1 Å². The number of piperazine rings is 1. The van der Waals surface area contributed by atoms with Gasteiger partial charge in [-0.15, -0.1) is 0 Å². The summed E-state index contributed by atoms with van der Waals surface area (Å²) < 4.78 is 31.7. The molecular formula is C19H29N3O5S. The molecule has 28 heavy (non-hydrogen) atoms. The van der Waals surface area contributed by atoms with Crippen molar-refractivity contribution in [2.24, 2.45) is 0 Å². The average Bonchev–Trinajstić information content (AvgIpc) is 2.67. The van der Waals surface area contributed by atoms with Gasteiger partial charge in [-0.3, -0.25) is 14.5 Å². The minimum Gasteiger partial charge on any atom is -0.469 e. The number of sulfonamides is 1. The Hall–Kier alpha value is -1.97. The van der Waals surface area contributed by atoms with Crippen LogP contribution in [0.1, 0.15) is 24.0 Å². The molecule has 0 atom stereocenters. The van der Waals surface area contributed by atoms with Gasteiger partial charge in [0.05, 0.1) is 18.6 Å². The third-order valence-corrected chi connectivity index (χ3v) is 6.82. The molecule has 1 aliphatic heterocycles. The van der Waals surface area contributed by atoms with E-state index in [0.29, 0.717) is 44.0 Å². The molecule has 0 aromatic heterocycles. The van der Waals surface area contributed by atoms with Gasteiger partial charge >= 0.3 is 5.97 Å². The molecule has 0 aliphatic carbocycles. The maximum Gasteiger partial charge on any atom is 0.305 e. The lowest BCUT2D eigenvalue weighted by Crippen LogP contribution is -2.51. The summed E-state index contributed by atoms with van der Waals surface area (Å²) in [7, 11) is -2.19. The second kappa shape index (κ2) is 9.99. The monoisotopic (exact) mass is 411 g/mol. The van der Waals surface area contributed by atoms with Crippen LogP contribution in [0.4, 0.5) is 0 Å². The van der Waals surface area contributed by atoms with E-state index >= 15 is 0 Å². The molecule has 0 bridgehead atoms. The Morgan fingerprint density at radius 1 is 1.11 bits per heavy atom. The Labute approximate surface area is 166 Å². The molecule has 1 heterocycles. The fourth-order valence-electron chi connectivity index (χ4n) is 2.97. The summed E-state index contributed by atoms with van der Waals surface area (Å²) in [4.78, 5) is 25.3. The Morgan fingerprint density at radius 2 is 1.79 bits per heavy atom. The third-order valence-electron chi connectivity index (χ3n) is 4.92. The summed E-state index contributed by atoms with van der Waals surface area (Å²) >= 11 is 0. The lowest BCUT2D eigenvalue weighted by Gasteiger charge is -2.33. The molecule has 0 radical (unpaired) electrons. The lowest BCUT2D eigenvalue weighted by molar-refractivity contribution is -0.140. The summed E-state index contributed by atoms with van der Waals surface area (Å²) in [5.41, 5.74) is 2.00. The topological polar surface area (TPSA) is 96.0 Å². The summed E-state index contributed by atoms with van der Waals surface area (Å²) in [6, 6.07) is 5.17. The van der Waals surface area contributed by atoms with Crippen LogP contribution in [0.2, 0.25) is 0 Å². The number of hydrogen-bond acceptors (Lipinski definition) is 6. The van der Waals surface area contributed by atoms with Crippen LogP contribution >= 0.6 is 0 Å². The maximum absolute atomic E-state index is 12.8. The van der Waals surface area contributed by atoms with E-state index in [0.717, 1.165) is 11.1 Å². The highest BCUT2D eigenvalue weighted by atomic mass is 32.2. The summed E-state index contributed by atoms with van der Waals surface area (Å²) in [6.45, 7) is 6.18. The van der Waals surface area contributed by atoms with Crippen LogP contribution in [0.3, 0.4) is 0 Å². The zero-order valence-corrected chi connectivity index (χ0v) is 17.5. The smallest absolute Gasteiger partial charge is 0.305 e. The number of ether oxygens (including phenoxy) is 1. The van der Waals surface area contributed by atoms with Crippen molar-refractivity contribution in [2.45, 2.75) is 31.6 Å². The fraction of sp³-hybridized carbons (Fsp3) is 0.579. The Balaban J connectivity index is 1.79. The number of nitrogens with zero attached hydrogens (tertiary/aromatic N) is 2. The molecule has 0 unspecified atom stereocenters. The minimum atomic E-state index is -3.52. The number of esters is 1. The molecule has 0 spiro atoms. The molecule has 1 amide bonds. The lowest BCUT2D eigenvalue weighted by atomic mass is 10.1. The van der Waals surface area contributed by atoms with Crippen LogP contribution in [0.15, 0.2) is 23.1 Å². The van der Waals surface area contributed by atoms with Gasteiger partial charge < -0.3 is 10.1 Å². The van der Waals surface area contributed by atoms with Crippen LogP contribution in [-0.2, 0) is 24.3 Å². The molecule has 1 aromatic carbocycles. The number of methoxy groups -OCH3 is 1. The van der Waals surface area contributed by atoms with Gasteiger partial charge in [-0.25, -0.2) is 8.42 Å². The predicted octanol–water partition coefficient (Wildman–Crippen LogP) is 0.679. The van der Waals surface area contributed by atoms with E-state index < -0.39 is 10.0 Å². The van der Waals surface area contributed by atoms with E-state index in [1.165, 1.54) is 11.4 Å². The van der Waals surface area contributed by atoms with E-state index in [9.17, 15) is 18.0 Å². The Bertz CT molecular complexity index is 802. The standard InChI is InChI=1S/C19H29N3O5S/c1-15-6-7-17(13-16(15)2)28(25,26)22-11-9-21(10-12-22)14-18(23)20-8-4-5-19(24)27-3/h6-7,13H,4-5,8-12,14H2,1-3H3,(H,20,23). The molecule has 1 aromatic rings. The highest BCUT2D eigenvalue weighted by Gasteiger charge is 2.29.